The van der Waals surface area contributed by atoms with Gasteiger partial charge in [-0.3, -0.25) is 0 Å². The number of pyridine rings is 1. The van der Waals surface area contributed by atoms with E-state index < -0.39 is 0 Å². The Labute approximate surface area is 129 Å². The van der Waals surface area contributed by atoms with Crippen molar-refractivity contribution in [2.24, 2.45) is 0 Å². The van der Waals surface area contributed by atoms with Crippen LogP contribution in [0, 0.1) is 0 Å². The number of unbranched alkanes of at least 4 members (excludes halogenated alkanes) is 1. The molecule has 2 heteroatoms. The normalized spacial score (nSPS) is 11.0. The van der Waals surface area contributed by atoms with E-state index in [2.05, 4.69) is 50.4 Å². The summed E-state index contributed by atoms with van der Waals surface area (Å²) in [6, 6.07) is 9.06. The Bertz CT molecular complexity index is 575. The molecule has 0 spiro atoms. The first kappa shape index (κ1) is 15.8. The summed E-state index contributed by atoms with van der Waals surface area (Å²) < 4.78 is 0. The fraction of sp³-hybridized carbons (Fsp3) is 0.526. The topological polar surface area (TPSA) is 24.9 Å². The summed E-state index contributed by atoms with van der Waals surface area (Å²) in [5, 5.41) is 4.76. The number of rotatable bonds is 8. The van der Waals surface area contributed by atoms with Crippen LogP contribution < -0.4 is 5.32 Å². The minimum absolute atomic E-state index is 0.990. The number of aryl methyl sites for hydroxylation is 2. The van der Waals surface area contributed by atoms with E-state index in [1.807, 2.05) is 0 Å². The van der Waals surface area contributed by atoms with Gasteiger partial charge < -0.3 is 5.32 Å². The summed E-state index contributed by atoms with van der Waals surface area (Å²) >= 11 is 0. The van der Waals surface area contributed by atoms with Crippen LogP contribution in [0.3, 0.4) is 0 Å². The summed E-state index contributed by atoms with van der Waals surface area (Å²) in [6.07, 6.45) is 7.05. The molecule has 0 fully saturated rings. The zero-order valence-electron chi connectivity index (χ0n) is 13.7. The standard InChI is InChI=1S/C19H28N2/c1-4-7-9-15-10-11-18-17(13-15)14-16(8-5-2)19(21-18)20-12-6-3/h10-11,13-14H,4-9,12H2,1-3H3,(H,20,21). The van der Waals surface area contributed by atoms with Gasteiger partial charge in [0.15, 0.2) is 0 Å². The molecule has 2 nitrogen and oxygen atoms in total. The average molecular weight is 284 g/mol. The number of hydrogen-bond acceptors (Lipinski definition) is 2. The maximum atomic E-state index is 4.84. The van der Waals surface area contributed by atoms with Crippen LogP contribution in [0.2, 0.25) is 0 Å². The highest BCUT2D eigenvalue weighted by atomic mass is 15.0. The predicted octanol–water partition coefficient (Wildman–Crippen LogP) is 5.35. The third kappa shape index (κ3) is 4.20. The highest BCUT2D eigenvalue weighted by Gasteiger charge is 2.07. The van der Waals surface area contributed by atoms with Crippen molar-refractivity contribution < 1.29 is 0 Å². The largest absolute Gasteiger partial charge is 0.370 e. The number of benzene rings is 1. The Morgan fingerprint density at radius 1 is 0.952 bits per heavy atom. The molecular formula is C19H28N2. The molecule has 0 saturated heterocycles. The van der Waals surface area contributed by atoms with Crippen LogP contribution in [0.5, 0.6) is 0 Å². The molecule has 0 unspecified atom stereocenters. The molecule has 21 heavy (non-hydrogen) atoms. The van der Waals surface area contributed by atoms with Crippen molar-refractivity contribution in [2.75, 3.05) is 11.9 Å². The van der Waals surface area contributed by atoms with Gasteiger partial charge in [-0.25, -0.2) is 4.98 Å². The van der Waals surface area contributed by atoms with E-state index >= 15 is 0 Å². The minimum Gasteiger partial charge on any atom is -0.370 e. The third-order valence-electron chi connectivity index (χ3n) is 3.84. The Morgan fingerprint density at radius 3 is 2.52 bits per heavy atom. The Balaban J connectivity index is 2.34. The molecule has 1 heterocycles. The molecule has 1 N–H and O–H groups in total. The Morgan fingerprint density at radius 2 is 1.81 bits per heavy atom. The highest BCUT2D eigenvalue weighted by Crippen LogP contribution is 2.23. The van der Waals surface area contributed by atoms with E-state index in [1.165, 1.54) is 35.8 Å². The molecule has 1 aromatic heterocycles. The van der Waals surface area contributed by atoms with E-state index in [-0.39, 0.29) is 0 Å². The van der Waals surface area contributed by atoms with Crippen LogP contribution in [-0.4, -0.2) is 11.5 Å². The van der Waals surface area contributed by atoms with Crippen molar-refractivity contribution in [3.63, 3.8) is 0 Å². The zero-order chi connectivity index (χ0) is 15.1. The summed E-state index contributed by atoms with van der Waals surface area (Å²) in [4.78, 5) is 4.84. The van der Waals surface area contributed by atoms with Crippen molar-refractivity contribution in [3.05, 3.63) is 35.4 Å². The fourth-order valence-electron chi connectivity index (χ4n) is 2.66. The maximum Gasteiger partial charge on any atom is 0.129 e. The van der Waals surface area contributed by atoms with Crippen molar-refractivity contribution in [1.82, 2.24) is 4.98 Å². The molecule has 0 aliphatic heterocycles. The first-order chi connectivity index (χ1) is 10.3. The van der Waals surface area contributed by atoms with Crippen molar-refractivity contribution in [3.8, 4) is 0 Å². The third-order valence-corrected chi connectivity index (χ3v) is 3.84. The summed E-state index contributed by atoms with van der Waals surface area (Å²) in [5.74, 6) is 1.08. The lowest BCUT2D eigenvalue weighted by Crippen LogP contribution is -2.05. The molecule has 0 aliphatic carbocycles. The second kappa shape index (κ2) is 8.02. The Hall–Kier alpha value is -1.57. The molecule has 0 saturated carbocycles. The SMILES string of the molecule is CCCCc1ccc2nc(NCCC)c(CCC)cc2c1. The van der Waals surface area contributed by atoms with Gasteiger partial charge in [0, 0.05) is 11.9 Å². The van der Waals surface area contributed by atoms with E-state index in [4.69, 9.17) is 4.98 Å². The van der Waals surface area contributed by atoms with E-state index in [0.29, 0.717) is 0 Å². The molecule has 2 aromatic rings. The summed E-state index contributed by atoms with van der Waals surface area (Å²) in [5.41, 5.74) is 3.89. The van der Waals surface area contributed by atoms with Crippen LogP contribution in [0.25, 0.3) is 10.9 Å². The van der Waals surface area contributed by atoms with Gasteiger partial charge in [-0.1, -0.05) is 39.7 Å². The first-order valence-electron chi connectivity index (χ1n) is 8.44. The van der Waals surface area contributed by atoms with Gasteiger partial charge in [0.25, 0.3) is 0 Å². The molecule has 1 aromatic carbocycles. The van der Waals surface area contributed by atoms with Gasteiger partial charge >= 0.3 is 0 Å². The predicted molar refractivity (Wildman–Crippen MR) is 93.1 cm³/mol. The second-order valence-electron chi connectivity index (χ2n) is 5.80. The van der Waals surface area contributed by atoms with Gasteiger partial charge in [0.2, 0.25) is 0 Å². The van der Waals surface area contributed by atoms with Gasteiger partial charge in [-0.15, -0.1) is 0 Å². The molecule has 0 aliphatic rings. The number of fused-ring (bicyclic) bond motifs is 1. The number of nitrogens with one attached hydrogen (secondary N) is 1. The van der Waals surface area contributed by atoms with Gasteiger partial charge in [0.1, 0.15) is 5.82 Å². The quantitative estimate of drug-likeness (QED) is 0.706. The van der Waals surface area contributed by atoms with Crippen LogP contribution in [0.4, 0.5) is 5.82 Å². The molecule has 0 radical (unpaired) electrons. The van der Waals surface area contributed by atoms with E-state index in [1.54, 1.807) is 0 Å². The smallest absolute Gasteiger partial charge is 0.129 e. The monoisotopic (exact) mass is 284 g/mol. The van der Waals surface area contributed by atoms with Crippen molar-refractivity contribution in [2.45, 2.75) is 59.3 Å². The number of anilines is 1. The number of hydrogen-bond donors (Lipinski definition) is 1. The molecule has 0 amide bonds. The van der Waals surface area contributed by atoms with E-state index in [9.17, 15) is 0 Å². The van der Waals surface area contributed by atoms with Crippen LogP contribution >= 0.6 is 0 Å². The van der Waals surface area contributed by atoms with Crippen LogP contribution in [0.1, 0.15) is 57.6 Å². The number of nitrogens with zero attached hydrogens (tertiary/aromatic N) is 1. The van der Waals surface area contributed by atoms with Crippen molar-refractivity contribution >= 4 is 16.7 Å². The van der Waals surface area contributed by atoms with Gasteiger partial charge in [-0.2, -0.15) is 0 Å². The first-order valence-corrected chi connectivity index (χ1v) is 8.44. The zero-order valence-corrected chi connectivity index (χ0v) is 13.7. The summed E-state index contributed by atoms with van der Waals surface area (Å²) in [7, 11) is 0. The molecule has 0 atom stereocenters. The Kier molecular flexibility index (Phi) is 6.04. The van der Waals surface area contributed by atoms with Gasteiger partial charge in [0.05, 0.1) is 5.52 Å². The highest BCUT2D eigenvalue weighted by molar-refractivity contribution is 5.82. The second-order valence-corrected chi connectivity index (χ2v) is 5.80. The lowest BCUT2D eigenvalue weighted by atomic mass is 10.0. The average Bonchev–Trinajstić information content (AvgIpc) is 2.51. The van der Waals surface area contributed by atoms with Gasteiger partial charge in [-0.05, 0) is 55.0 Å². The molecular weight excluding hydrogens is 256 g/mol. The minimum atomic E-state index is 0.990. The van der Waals surface area contributed by atoms with E-state index in [0.717, 1.165) is 37.1 Å². The van der Waals surface area contributed by atoms with Crippen LogP contribution in [-0.2, 0) is 12.8 Å². The lowest BCUT2D eigenvalue weighted by Gasteiger charge is -2.12. The molecule has 2 rings (SSSR count). The maximum absolute atomic E-state index is 4.84. The summed E-state index contributed by atoms with van der Waals surface area (Å²) in [6.45, 7) is 7.65. The molecule has 114 valence electrons. The fourth-order valence-corrected chi connectivity index (χ4v) is 2.66. The van der Waals surface area contributed by atoms with Crippen molar-refractivity contribution in [1.29, 1.82) is 0 Å². The molecule has 0 bridgehead atoms. The lowest BCUT2D eigenvalue weighted by molar-refractivity contribution is 0.796. The number of aromatic nitrogens is 1. The van der Waals surface area contributed by atoms with Crippen LogP contribution in [0.15, 0.2) is 24.3 Å².